The fourth-order valence-electron chi connectivity index (χ4n) is 2.40. The van der Waals surface area contributed by atoms with Crippen molar-refractivity contribution in [1.29, 1.82) is 0 Å². The number of unbranched alkanes of at least 4 members (excludes halogenated alkanes) is 2. The smallest absolute Gasteiger partial charge is 0.108 e. The quantitative estimate of drug-likeness (QED) is 0.383. The van der Waals surface area contributed by atoms with E-state index in [1.165, 1.54) is 19.3 Å². The summed E-state index contributed by atoms with van der Waals surface area (Å²) in [5, 5.41) is 8.61. The molecule has 0 spiro atoms. The Morgan fingerprint density at radius 2 is 1.81 bits per heavy atom. The largest absolute Gasteiger partial charge is 0.370 e. The van der Waals surface area contributed by atoms with E-state index in [4.69, 9.17) is 4.74 Å². The third kappa shape index (κ3) is 4.64. The van der Waals surface area contributed by atoms with Crippen LogP contribution in [0.4, 0.5) is 5.69 Å². The lowest BCUT2D eigenvalue weighted by molar-refractivity contribution is 0.0627. The van der Waals surface area contributed by atoms with Crippen LogP contribution in [0.5, 0.6) is 0 Å². The molecule has 0 atom stereocenters. The van der Waals surface area contributed by atoms with Crippen molar-refractivity contribution >= 4 is 5.69 Å². The lowest BCUT2D eigenvalue weighted by Crippen LogP contribution is -2.29. The minimum absolute atomic E-state index is 0.000318. The predicted octanol–water partition coefficient (Wildman–Crippen LogP) is 5.23. The number of methoxy groups -OCH3 is 1. The molecule has 0 N–H and O–H groups in total. The molecule has 0 bridgehead atoms. The molecule has 3 heteroatoms. The Morgan fingerprint density at radius 1 is 1.10 bits per heavy atom. The first-order valence-corrected chi connectivity index (χ1v) is 7.68. The molecule has 1 aromatic rings. The molecule has 0 unspecified atom stereocenters. The van der Waals surface area contributed by atoms with E-state index in [0.29, 0.717) is 0 Å². The fraction of sp³-hybridized carbons (Fsp3) is 0.444. The molecule has 0 amide bonds. The third-order valence-electron chi connectivity index (χ3n) is 3.76. The summed E-state index contributed by atoms with van der Waals surface area (Å²) in [7, 11) is 1.77. The van der Waals surface area contributed by atoms with Crippen molar-refractivity contribution in [2.75, 3.05) is 7.11 Å². The van der Waals surface area contributed by atoms with Gasteiger partial charge in [0, 0.05) is 7.11 Å². The summed E-state index contributed by atoms with van der Waals surface area (Å²) >= 11 is 0. The minimum atomic E-state index is -0.256. The standard InChI is InChI=1S/C18H24N2O/c1-3-4-8-13-18(21-2)14-11-17(12-15-18)20-19-16-9-6-5-7-10-16/h5-7,9-12,14-15,17H,3-4,8,13H2,1-2H3/b20-19+. The van der Waals surface area contributed by atoms with Crippen molar-refractivity contribution < 1.29 is 4.74 Å². The maximum absolute atomic E-state index is 5.69. The summed E-state index contributed by atoms with van der Waals surface area (Å²) in [6, 6.07) is 9.80. The monoisotopic (exact) mass is 284 g/mol. The Balaban J connectivity index is 1.94. The summed E-state index contributed by atoms with van der Waals surface area (Å²) in [5.41, 5.74) is 0.624. The van der Waals surface area contributed by atoms with Gasteiger partial charge in [0.2, 0.25) is 0 Å². The summed E-state index contributed by atoms with van der Waals surface area (Å²) in [6.07, 6.45) is 13.0. The van der Waals surface area contributed by atoms with Crippen molar-refractivity contribution in [1.82, 2.24) is 0 Å². The van der Waals surface area contributed by atoms with E-state index in [0.717, 1.165) is 12.1 Å². The second-order valence-electron chi connectivity index (χ2n) is 5.38. The number of rotatable bonds is 7. The van der Waals surface area contributed by atoms with Crippen molar-refractivity contribution in [2.45, 2.75) is 44.2 Å². The number of azo groups is 1. The Kier molecular flexibility index (Phi) is 5.88. The lowest BCUT2D eigenvalue weighted by Gasteiger charge is -2.28. The Labute approximate surface area is 127 Å². The Hall–Kier alpha value is -1.74. The molecule has 1 aromatic carbocycles. The van der Waals surface area contributed by atoms with Gasteiger partial charge in [0.15, 0.2) is 0 Å². The highest BCUT2D eigenvalue weighted by atomic mass is 16.5. The van der Waals surface area contributed by atoms with Gasteiger partial charge >= 0.3 is 0 Å². The first-order valence-electron chi connectivity index (χ1n) is 7.68. The van der Waals surface area contributed by atoms with Crippen molar-refractivity contribution in [3.8, 4) is 0 Å². The maximum atomic E-state index is 5.69. The van der Waals surface area contributed by atoms with Gasteiger partial charge in [0.1, 0.15) is 11.6 Å². The molecule has 0 heterocycles. The van der Waals surface area contributed by atoms with Gasteiger partial charge in [-0.25, -0.2) is 0 Å². The zero-order valence-electron chi connectivity index (χ0n) is 12.9. The Morgan fingerprint density at radius 3 is 2.43 bits per heavy atom. The summed E-state index contributed by atoms with van der Waals surface area (Å²) in [4.78, 5) is 0. The number of hydrogen-bond donors (Lipinski definition) is 0. The first kappa shape index (κ1) is 15.6. The molecule has 0 saturated heterocycles. The van der Waals surface area contributed by atoms with Crippen LogP contribution in [0.3, 0.4) is 0 Å². The van der Waals surface area contributed by atoms with Crippen LogP contribution in [-0.4, -0.2) is 18.8 Å². The van der Waals surface area contributed by atoms with Crippen LogP contribution in [0.1, 0.15) is 32.6 Å². The predicted molar refractivity (Wildman–Crippen MR) is 86.9 cm³/mol. The van der Waals surface area contributed by atoms with E-state index in [1.807, 2.05) is 30.3 Å². The molecule has 0 saturated carbocycles. The highest BCUT2D eigenvalue weighted by Crippen LogP contribution is 2.27. The first-order chi connectivity index (χ1) is 10.3. The van der Waals surface area contributed by atoms with Gasteiger partial charge in [0.25, 0.3) is 0 Å². The topological polar surface area (TPSA) is 34.0 Å². The van der Waals surface area contributed by atoms with Crippen molar-refractivity contribution in [3.63, 3.8) is 0 Å². The summed E-state index contributed by atoms with van der Waals surface area (Å²) in [6.45, 7) is 2.21. The molecule has 0 aromatic heterocycles. The van der Waals surface area contributed by atoms with Crippen molar-refractivity contribution in [2.24, 2.45) is 10.2 Å². The third-order valence-corrected chi connectivity index (χ3v) is 3.76. The lowest BCUT2D eigenvalue weighted by atomic mass is 9.90. The van der Waals surface area contributed by atoms with Crippen molar-refractivity contribution in [3.05, 3.63) is 54.6 Å². The molecule has 112 valence electrons. The van der Waals surface area contributed by atoms with Gasteiger partial charge in [-0.15, -0.1) is 0 Å². The second kappa shape index (κ2) is 7.89. The average molecular weight is 284 g/mol. The Bertz CT molecular complexity index is 491. The van der Waals surface area contributed by atoms with Crippen LogP contribution >= 0.6 is 0 Å². The maximum Gasteiger partial charge on any atom is 0.108 e. The molecule has 0 aliphatic heterocycles. The van der Waals surface area contributed by atoms with E-state index < -0.39 is 0 Å². The van der Waals surface area contributed by atoms with E-state index in [9.17, 15) is 0 Å². The molecular formula is C18H24N2O. The number of benzene rings is 1. The normalized spacial score (nSPS) is 24.8. The fourth-order valence-corrected chi connectivity index (χ4v) is 2.40. The highest BCUT2D eigenvalue weighted by Gasteiger charge is 2.25. The highest BCUT2D eigenvalue weighted by molar-refractivity contribution is 5.35. The molecule has 1 aliphatic carbocycles. The molecular weight excluding hydrogens is 260 g/mol. The summed E-state index contributed by atoms with van der Waals surface area (Å²) in [5.74, 6) is 0. The number of nitrogens with zero attached hydrogens (tertiary/aromatic N) is 2. The molecule has 3 nitrogen and oxygen atoms in total. The summed E-state index contributed by atoms with van der Waals surface area (Å²) < 4.78 is 5.69. The molecule has 0 radical (unpaired) electrons. The van der Waals surface area contributed by atoms with Gasteiger partial charge in [-0.3, -0.25) is 0 Å². The SMILES string of the molecule is CCCCCC1(OC)C=CC(/N=N/c2ccccc2)C=C1. The zero-order chi connectivity index (χ0) is 15.0. The second-order valence-corrected chi connectivity index (χ2v) is 5.38. The average Bonchev–Trinajstić information content (AvgIpc) is 2.55. The van der Waals surface area contributed by atoms with E-state index in [2.05, 4.69) is 41.5 Å². The van der Waals surface area contributed by atoms with Crippen LogP contribution < -0.4 is 0 Å². The van der Waals surface area contributed by atoms with Gasteiger partial charge in [-0.2, -0.15) is 10.2 Å². The number of ether oxygens (including phenoxy) is 1. The molecule has 1 aliphatic rings. The van der Waals surface area contributed by atoms with Crippen LogP contribution in [0.25, 0.3) is 0 Å². The molecule has 2 rings (SSSR count). The van der Waals surface area contributed by atoms with E-state index >= 15 is 0 Å². The van der Waals surface area contributed by atoms with Gasteiger partial charge in [-0.05, 0) is 25.0 Å². The van der Waals surface area contributed by atoms with Crippen LogP contribution in [0.15, 0.2) is 64.9 Å². The van der Waals surface area contributed by atoms with Gasteiger partial charge < -0.3 is 4.74 Å². The zero-order valence-corrected chi connectivity index (χ0v) is 12.9. The van der Waals surface area contributed by atoms with Gasteiger partial charge in [-0.1, -0.05) is 62.3 Å². The minimum Gasteiger partial charge on any atom is -0.370 e. The molecule has 0 fully saturated rings. The van der Waals surface area contributed by atoms with Crippen LogP contribution in [0.2, 0.25) is 0 Å². The van der Waals surface area contributed by atoms with Crippen LogP contribution in [-0.2, 0) is 4.74 Å². The van der Waals surface area contributed by atoms with E-state index in [1.54, 1.807) is 7.11 Å². The number of hydrogen-bond acceptors (Lipinski definition) is 3. The van der Waals surface area contributed by atoms with Gasteiger partial charge in [0.05, 0.1) is 5.69 Å². The van der Waals surface area contributed by atoms with Crippen LogP contribution in [0, 0.1) is 0 Å². The van der Waals surface area contributed by atoms with E-state index in [-0.39, 0.29) is 11.6 Å². The molecule has 21 heavy (non-hydrogen) atoms.